The summed E-state index contributed by atoms with van der Waals surface area (Å²) in [5.41, 5.74) is 1.79. The standard InChI is InChI=1S/C13H13BrN2O2/c1-8-6-12(14)16-13(15-8)9-4-5-10(17-2)11(7-9)18-3/h4-7H,1-3H3. The SMILES string of the molecule is COc1ccc(-c2nc(C)cc(Br)n2)cc1OC. The minimum Gasteiger partial charge on any atom is -0.493 e. The first-order valence-corrected chi connectivity index (χ1v) is 6.17. The molecular weight excluding hydrogens is 296 g/mol. The smallest absolute Gasteiger partial charge is 0.161 e. The number of halogens is 1. The van der Waals surface area contributed by atoms with Crippen molar-refractivity contribution < 1.29 is 9.47 Å². The topological polar surface area (TPSA) is 44.2 Å². The maximum atomic E-state index is 5.27. The van der Waals surface area contributed by atoms with Crippen LogP contribution in [0.3, 0.4) is 0 Å². The highest BCUT2D eigenvalue weighted by atomic mass is 79.9. The molecule has 0 aliphatic rings. The maximum Gasteiger partial charge on any atom is 0.161 e. The summed E-state index contributed by atoms with van der Waals surface area (Å²) in [5.74, 6) is 2.01. The lowest BCUT2D eigenvalue weighted by molar-refractivity contribution is 0.355. The number of aryl methyl sites for hydroxylation is 1. The number of nitrogens with zero attached hydrogens (tertiary/aromatic N) is 2. The lowest BCUT2D eigenvalue weighted by Crippen LogP contribution is -1.95. The third-order valence-electron chi connectivity index (χ3n) is 2.46. The van der Waals surface area contributed by atoms with Gasteiger partial charge in [0.25, 0.3) is 0 Å². The quantitative estimate of drug-likeness (QED) is 0.817. The molecular formula is C13H13BrN2O2. The zero-order valence-electron chi connectivity index (χ0n) is 10.4. The molecule has 0 bridgehead atoms. The van der Waals surface area contributed by atoms with Gasteiger partial charge in [-0.3, -0.25) is 0 Å². The summed E-state index contributed by atoms with van der Waals surface area (Å²) in [5, 5.41) is 0. The zero-order valence-corrected chi connectivity index (χ0v) is 12.0. The van der Waals surface area contributed by atoms with Crippen LogP contribution >= 0.6 is 15.9 Å². The molecule has 18 heavy (non-hydrogen) atoms. The van der Waals surface area contributed by atoms with Gasteiger partial charge in [0.05, 0.1) is 14.2 Å². The minimum atomic E-state index is 0.655. The number of ether oxygens (including phenoxy) is 2. The first kappa shape index (κ1) is 12.8. The van der Waals surface area contributed by atoms with Gasteiger partial charge in [-0.2, -0.15) is 0 Å². The Bertz CT molecular complexity index is 553. The first-order chi connectivity index (χ1) is 8.63. The fraction of sp³-hybridized carbons (Fsp3) is 0.231. The highest BCUT2D eigenvalue weighted by molar-refractivity contribution is 9.10. The van der Waals surface area contributed by atoms with Crippen molar-refractivity contribution >= 4 is 15.9 Å². The Balaban J connectivity index is 2.50. The predicted octanol–water partition coefficient (Wildman–Crippen LogP) is 3.23. The molecule has 1 heterocycles. The van der Waals surface area contributed by atoms with Gasteiger partial charge < -0.3 is 9.47 Å². The molecule has 2 aromatic rings. The van der Waals surface area contributed by atoms with Gasteiger partial charge in [0, 0.05) is 11.3 Å². The molecule has 5 heteroatoms. The monoisotopic (exact) mass is 308 g/mol. The van der Waals surface area contributed by atoms with E-state index in [4.69, 9.17) is 9.47 Å². The Kier molecular flexibility index (Phi) is 3.81. The molecule has 0 spiro atoms. The van der Waals surface area contributed by atoms with E-state index in [1.54, 1.807) is 14.2 Å². The van der Waals surface area contributed by atoms with E-state index in [1.165, 1.54) is 0 Å². The van der Waals surface area contributed by atoms with Crippen molar-refractivity contribution in [3.05, 3.63) is 34.6 Å². The number of hydrogen-bond acceptors (Lipinski definition) is 4. The second-order valence-electron chi connectivity index (χ2n) is 3.73. The molecule has 0 unspecified atom stereocenters. The highest BCUT2D eigenvalue weighted by Gasteiger charge is 2.09. The van der Waals surface area contributed by atoms with Crippen LogP contribution in [0.2, 0.25) is 0 Å². The molecule has 0 amide bonds. The molecule has 4 nitrogen and oxygen atoms in total. The van der Waals surface area contributed by atoms with Gasteiger partial charge in [-0.05, 0) is 47.1 Å². The van der Waals surface area contributed by atoms with Gasteiger partial charge in [0.1, 0.15) is 4.60 Å². The van der Waals surface area contributed by atoms with E-state index in [-0.39, 0.29) is 0 Å². The van der Waals surface area contributed by atoms with Gasteiger partial charge in [0.15, 0.2) is 17.3 Å². The largest absolute Gasteiger partial charge is 0.493 e. The van der Waals surface area contributed by atoms with Crippen molar-refractivity contribution in [3.8, 4) is 22.9 Å². The lowest BCUT2D eigenvalue weighted by atomic mass is 10.2. The molecule has 0 radical (unpaired) electrons. The first-order valence-electron chi connectivity index (χ1n) is 5.37. The van der Waals surface area contributed by atoms with Gasteiger partial charge in [-0.15, -0.1) is 0 Å². The number of aromatic nitrogens is 2. The van der Waals surface area contributed by atoms with E-state index in [0.29, 0.717) is 17.3 Å². The average molecular weight is 309 g/mol. The summed E-state index contributed by atoms with van der Waals surface area (Å²) in [6.45, 7) is 1.93. The molecule has 2 rings (SSSR count). The molecule has 0 atom stereocenters. The summed E-state index contributed by atoms with van der Waals surface area (Å²) in [6, 6.07) is 7.47. The predicted molar refractivity (Wildman–Crippen MR) is 73.0 cm³/mol. The van der Waals surface area contributed by atoms with Crippen molar-refractivity contribution in [2.24, 2.45) is 0 Å². The summed E-state index contributed by atoms with van der Waals surface area (Å²) in [4.78, 5) is 8.74. The summed E-state index contributed by atoms with van der Waals surface area (Å²) in [6.07, 6.45) is 0. The Morgan fingerprint density at radius 1 is 1.00 bits per heavy atom. The van der Waals surface area contributed by atoms with Crippen LogP contribution in [0.5, 0.6) is 11.5 Å². The van der Waals surface area contributed by atoms with Crippen LogP contribution in [0.25, 0.3) is 11.4 Å². The number of methoxy groups -OCH3 is 2. The van der Waals surface area contributed by atoms with E-state index in [2.05, 4.69) is 25.9 Å². The van der Waals surface area contributed by atoms with Crippen molar-refractivity contribution in [3.63, 3.8) is 0 Å². The lowest BCUT2D eigenvalue weighted by Gasteiger charge is -2.09. The van der Waals surface area contributed by atoms with E-state index in [9.17, 15) is 0 Å². The Hall–Kier alpha value is -1.62. The van der Waals surface area contributed by atoms with Crippen molar-refractivity contribution in [2.75, 3.05) is 14.2 Å². The third kappa shape index (κ3) is 2.61. The van der Waals surface area contributed by atoms with Gasteiger partial charge in [-0.1, -0.05) is 0 Å². The van der Waals surface area contributed by atoms with E-state index in [0.717, 1.165) is 15.9 Å². The number of hydrogen-bond donors (Lipinski definition) is 0. The Morgan fingerprint density at radius 3 is 2.33 bits per heavy atom. The third-order valence-corrected chi connectivity index (χ3v) is 2.87. The zero-order chi connectivity index (χ0) is 13.1. The van der Waals surface area contributed by atoms with E-state index >= 15 is 0 Å². The van der Waals surface area contributed by atoms with Crippen molar-refractivity contribution in [1.82, 2.24) is 9.97 Å². The molecule has 0 saturated heterocycles. The molecule has 0 fully saturated rings. The number of benzene rings is 1. The van der Waals surface area contributed by atoms with E-state index < -0.39 is 0 Å². The minimum absolute atomic E-state index is 0.655. The van der Waals surface area contributed by atoms with Crippen LogP contribution in [-0.4, -0.2) is 24.2 Å². The fourth-order valence-electron chi connectivity index (χ4n) is 1.63. The second kappa shape index (κ2) is 5.35. The summed E-state index contributed by atoms with van der Waals surface area (Å²) in [7, 11) is 3.21. The average Bonchev–Trinajstić information content (AvgIpc) is 2.36. The van der Waals surface area contributed by atoms with Gasteiger partial charge >= 0.3 is 0 Å². The van der Waals surface area contributed by atoms with Crippen LogP contribution < -0.4 is 9.47 Å². The highest BCUT2D eigenvalue weighted by Crippen LogP contribution is 2.31. The van der Waals surface area contributed by atoms with Crippen LogP contribution in [0.15, 0.2) is 28.9 Å². The van der Waals surface area contributed by atoms with Gasteiger partial charge in [0.2, 0.25) is 0 Å². The van der Waals surface area contributed by atoms with Crippen molar-refractivity contribution in [2.45, 2.75) is 6.92 Å². The van der Waals surface area contributed by atoms with Crippen LogP contribution in [0.4, 0.5) is 0 Å². The van der Waals surface area contributed by atoms with Crippen LogP contribution in [0.1, 0.15) is 5.69 Å². The van der Waals surface area contributed by atoms with Crippen LogP contribution in [0, 0.1) is 6.92 Å². The fourth-order valence-corrected chi connectivity index (χ4v) is 2.13. The van der Waals surface area contributed by atoms with Gasteiger partial charge in [-0.25, -0.2) is 9.97 Å². The molecule has 0 saturated carbocycles. The Labute approximate surface area is 114 Å². The molecule has 0 N–H and O–H groups in total. The summed E-state index contributed by atoms with van der Waals surface area (Å²) < 4.78 is 11.2. The van der Waals surface area contributed by atoms with Crippen molar-refractivity contribution in [1.29, 1.82) is 0 Å². The molecule has 94 valence electrons. The van der Waals surface area contributed by atoms with E-state index in [1.807, 2.05) is 31.2 Å². The number of rotatable bonds is 3. The molecule has 0 aliphatic heterocycles. The molecule has 0 aliphatic carbocycles. The molecule has 1 aromatic carbocycles. The Morgan fingerprint density at radius 2 is 1.72 bits per heavy atom. The molecule has 1 aromatic heterocycles. The van der Waals surface area contributed by atoms with Crippen LogP contribution in [-0.2, 0) is 0 Å². The summed E-state index contributed by atoms with van der Waals surface area (Å²) >= 11 is 3.37. The normalized spacial score (nSPS) is 10.2. The second-order valence-corrected chi connectivity index (χ2v) is 4.54. The maximum absolute atomic E-state index is 5.27.